The Morgan fingerprint density at radius 1 is 1.22 bits per heavy atom. The zero-order valence-electron chi connectivity index (χ0n) is 15.1. The van der Waals surface area contributed by atoms with E-state index in [1.54, 1.807) is 13.0 Å². The molecular formula is C21H22FNO4. The normalized spacial score (nSPS) is 19.6. The Balaban J connectivity index is 1.73. The summed E-state index contributed by atoms with van der Waals surface area (Å²) in [6.07, 6.45) is -0.135. The number of hydrogen-bond acceptors (Lipinski definition) is 3. The van der Waals surface area contributed by atoms with Crippen LogP contribution in [0.15, 0.2) is 48.5 Å². The molecule has 2 atom stereocenters. The van der Waals surface area contributed by atoms with Crippen molar-refractivity contribution >= 4 is 12.1 Å². The average Bonchev–Trinajstić information content (AvgIpc) is 2.66. The van der Waals surface area contributed by atoms with Crippen molar-refractivity contribution in [1.29, 1.82) is 0 Å². The fourth-order valence-corrected chi connectivity index (χ4v) is 3.59. The number of piperidine rings is 1. The van der Waals surface area contributed by atoms with E-state index in [1.807, 2.05) is 30.3 Å². The number of hydrogen-bond donors (Lipinski definition) is 1. The maximum absolute atomic E-state index is 13.4. The third-order valence-corrected chi connectivity index (χ3v) is 5.02. The molecule has 2 unspecified atom stereocenters. The van der Waals surface area contributed by atoms with E-state index < -0.39 is 23.9 Å². The van der Waals surface area contributed by atoms with Crippen LogP contribution >= 0.6 is 0 Å². The van der Waals surface area contributed by atoms with Gasteiger partial charge in [0.1, 0.15) is 12.4 Å². The van der Waals surface area contributed by atoms with Crippen LogP contribution < -0.4 is 0 Å². The molecule has 0 aliphatic carbocycles. The number of rotatable bonds is 4. The van der Waals surface area contributed by atoms with Gasteiger partial charge in [-0.15, -0.1) is 0 Å². The second kappa shape index (κ2) is 8.20. The minimum Gasteiger partial charge on any atom is -0.481 e. The summed E-state index contributed by atoms with van der Waals surface area (Å²) in [6, 6.07) is 13.7. The van der Waals surface area contributed by atoms with Gasteiger partial charge in [-0.25, -0.2) is 9.18 Å². The smallest absolute Gasteiger partial charge is 0.410 e. The molecule has 1 aliphatic rings. The summed E-state index contributed by atoms with van der Waals surface area (Å²) >= 11 is 0. The summed E-state index contributed by atoms with van der Waals surface area (Å²) < 4.78 is 18.8. The molecule has 0 bridgehead atoms. The van der Waals surface area contributed by atoms with Crippen molar-refractivity contribution in [3.05, 3.63) is 71.0 Å². The first-order valence-electron chi connectivity index (χ1n) is 8.90. The molecule has 5 nitrogen and oxygen atoms in total. The molecular weight excluding hydrogens is 349 g/mol. The van der Waals surface area contributed by atoms with Crippen molar-refractivity contribution in [1.82, 2.24) is 4.90 Å². The Morgan fingerprint density at radius 2 is 1.96 bits per heavy atom. The highest BCUT2D eigenvalue weighted by Crippen LogP contribution is 2.35. The number of ether oxygens (including phenoxy) is 1. The Kier molecular flexibility index (Phi) is 5.74. The Hall–Kier alpha value is -2.89. The maximum atomic E-state index is 13.4. The first-order valence-corrected chi connectivity index (χ1v) is 8.90. The molecule has 0 radical (unpaired) electrons. The molecule has 1 amide bonds. The third-order valence-electron chi connectivity index (χ3n) is 5.02. The second-order valence-corrected chi connectivity index (χ2v) is 6.83. The van der Waals surface area contributed by atoms with Gasteiger partial charge in [0.25, 0.3) is 0 Å². The minimum atomic E-state index is -0.902. The maximum Gasteiger partial charge on any atom is 0.410 e. The number of carbonyl (C=O) groups excluding carboxylic acids is 1. The summed E-state index contributed by atoms with van der Waals surface area (Å²) in [7, 11) is 0. The van der Waals surface area contributed by atoms with Crippen LogP contribution in [-0.2, 0) is 16.1 Å². The lowest BCUT2D eigenvalue weighted by atomic mass is 9.79. The molecule has 0 spiro atoms. The van der Waals surface area contributed by atoms with Gasteiger partial charge in [0.2, 0.25) is 0 Å². The molecule has 142 valence electrons. The number of nitrogens with zero attached hydrogens (tertiary/aromatic N) is 1. The van der Waals surface area contributed by atoms with Crippen LogP contribution in [0.4, 0.5) is 9.18 Å². The molecule has 3 rings (SSSR count). The molecule has 1 heterocycles. The first-order chi connectivity index (χ1) is 13.0. The molecule has 6 heteroatoms. The lowest BCUT2D eigenvalue weighted by Crippen LogP contribution is -2.45. The van der Waals surface area contributed by atoms with Gasteiger partial charge in [-0.1, -0.05) is 36.4 Å². The highest BCUT2D eigenvalue weighted by Gasteiger charge is 2.37. The van der Waals surface area contributed by atoms with Crippen molar-refractivity contribution < 1.29 is 23.8 Å². The van der Waals surface area contributed by atoms with Crippen LogP contribution in [0.2, 0.25) is 0 Å². The van der Waals surface area contributed by atoms with Gasteiger partial charge in [-0.05, 0) is 42.2 Å². The van der Waals surface area contributed by atoms with E-state index in [0.29, 0.717) is 18.5 Å². The van der Waals surface area contributed by atoms with E-state index in [9.17, 15) is 19.1 Å². The molecule has 0 aromatic heterocycles. The predicted octanol–water partition coefficient (Wildman–Crippen LogP) is 3.96. The van der Waals surface area contributed by atoms with Crippen LogP contribution in [0.3, 0.4) is 0 Å². The van der Waals surface area contributed by atoms with Crippen molar-refractivity contribution in [3.63, 3.8) is 0 Å². The quantitative estimate of drug-likeness (QED) is 0.883. The molecule has 1 N–H and O–H groups in total. The number of carboxylic acids is 1. The van der Waals surface area contributed by atoms with E-state index in [2.05, 4.69) is 0 Å². The van der Waals surface area contributed by atoms with Crippen LogP contribution in [0.1, 0.15) is 29.0 Å². The minimum absolute atomic E-state index is 0.165. The fourth-order valence-electron chi connectivity index (χ4n) is 3.59. The lowest BCUT2D eigenvalue weighted by Gasteiger charge is -2.37. The van der Waals surface area contributed by atoms with Crippen molar-refractivity contribution in [2.75, 3.05) is 13.1 Å². The Labute approximate surface area is 157 Å². The van der Waals surface area contributed by atoms with Gasteiger partial charge < -0.3 is 14.7 Å². The topological polar surface area (TPSA) is 66.8 Å². The molecule has 2 aromatic rings. The standard InChI is InChI=1S/C21H22FNO4/c1-14-11-16(22)7-8-17(14)19-12-23(10-9-18(19)20(24)25)21(26)27-13-15-5-3-2-4-6-15/h2-8,11,18-19H,9-10,12-13H2,1H3,(H,24,25). The summed E-state index contributed by atoms with van der Waals surface area (Å²) in [6.45, 7) is 2.47. The second-order valence-electron chi connectivity index (χ2n) is 6.83. The fraction of sp³-hybridized carbons (Fsp3) is 0.333. The predicted molar refractivity (Wildman–Crippen MR) is 97.8 cm³/mol. The zero-order chi connectivity index (χ0) is 19.4. The monoisotopic (exact) mass is 371 g/mol. The van der Waals surface area contributed by atoms with E-state index in [-0.39, 0.29) is 19.0 Å². The average molecular weight is 371 g/mol. The molecule has 1 saturated heterocycles. The number of halogens is 1. The van der Waals surface area contributed by atoms with Crippen LogP contribution in [-0.4, -0.2) is 35.2 Å². The molecule has 1 fully saturated rings. The van der Waals surface area contributed by atoms with E-state index in [1.165, 1.54) is 17.0 Å². The lowest BCUT2D eigenvalue weighted by molar-refractivity contribution is -0.144. The summed E-state index contributed by atoms with van der Waals surface area (Å²) in [5, 5.41) is 9.58. The molecule has 0 saturated carbocycles. The van der Waals surface area contributed by atoms with Gasteiger partial charge >= 0.3 is 12.1 Å². The molecule has 2 aromatic carbocycles. The Bertz CT molecular complexity index is 824. The van der Waals surface area contributed by atoms with Crippen LogP contribution in [0.25, 0.3) is 0 Å². The van der Waals surface area contributed by atoms with Gasteiger partial charge in [-0.3, -0.25) is 4.79 Å². The van der Waals surface area contributed by atoms with Crippen LogP contribution in [0, 0.1) is 18.7 Å². The number of likely N-dealkylation sites (tertiary alicyclic amines) is 1. The number of aliphatic carboxylic acids is 1. The third kappa shape index (κ3) is 4.45. The number of carboxylic acid groups (broad SMARTS) is 1. The summed E-state index contributed by atoms with van der Waals surface area (Å²) in [5.74, 6) is -2.28. The number of amides is 1. The van der Waals surface area contributed by atoms with E-state index in [4.69, 9.17) is 4.74 Å². The highest BCUT2D eigenvalue weighted by atomic mass is 19.1. The number of benzene rings is 2. The highest BCUT2D eigenvalue weighted by molar-refractivity contribution is 5.73. The first kappa shape index (κ1) is 18.9. The Morgan fingerprint density at radius 3 is 2.63 bits per heavy atom. The largest absolute Gasteiger partial charge is 0.481 e. The van der Waals surface area contributed by atoms with Gasteiger partial charge in [0.05, 0.1) is 5.92 Å². The van der Waals surface area contributed by atoms with Gasteiger partial charge in [0, 0.05) is 19.0 Å². The number of aryl methyl sites for hydroxylation is 1. The SMILES string of the molecule is Cc1cc(F)ccc1C1CN(C(=O)OCc2ccccc2)CCC1C(=O)O. The van der Waals surface area contributed by atoms with Crippen molar-refractivity contribution in [2.24, 2.45) is 5.92 Å². The molecule has 27 heavy (non-hydrogen) atoms. The number of carbonyl (C=O) groups is 2. The van der Waals surface area contributed by atoms with E-state index >= 15 is 0 Å². The van der Waals surface area contributed by atoms with Gasteiger partial charge in [-0.2, -0.15) is 0 Å². The summed E-state index contributed by atoms with van der Waals surface area (Å²) in [5.41, 5.74) is 2.33. The van der Waals surface area contributed by atoms with E-state index in [0.717, 1.165) is 11.1 Å². The zero-order valence-corrected chi connectivity index (χ0v) is 15.1. The summed E-state index contributed by atoms with van der Waals surface area (Å²) in [4.78, 5) is 25.7. The molecule has 1 aliphatic heterocycles. The van der Waals surface area contributed by atoms with Crippen LogP contribution in [0.5, 0.6) is 0 Å². The van der Waals surface area contributed by atoms with Crippen molar-refractivity contribution in [3.8, 4) is 0 Å². The van der Waals surface area contributed by atoms with Gasteiger partial charge in [0.15, 0.2) is 0 Å². The van der Waals surface area contributed by atoms with Crippen molar-refractivity contribution in [2.45, 2.75) is 25.9 Å².